The van der Waals surface area contributed by atoms with Crippen LogP contribution >= 0.6 is 11.3 Å². The van der Waals surface area contributed by atoms with Gasteiger partial charge in [0.05, 0.1) is 27.4 Å². The van der Waals surface area contributed by atoms with Crippen molar-refractivity contribution in [3.05, 3.63) is 45.3 Å². The third-order valence-electron chi connectivity index (χ3n) is 6.54. The van der Waals surface area contributed by atoms with Crippen LogP contribution in [0.1, 0.15) is 73.6 Å². The fourth-order valence-corrected chi connectivity index (χ4v) is 5.96. The molecule has 2 aromatic rings. The third kappa shape index (κ3) is 3.03. The molecule has 1 spiro atoms. The van der Waals surface area contributed by atoms with Crippen LogP contribution < -0.4 is 10.5 Å². The number of thiophene rings is 1. The van der Waals surface area contributed by atoms with Gasteiger partial charge in [-0.25, -0.2) is 0 Å². The number of fused-ring (bicyclic) bond motifs is 2. The predicted molar refractivity (Wildman–Crippen MR) is 115 cm³/mol. The minimum atomic E-state index is -0.550. The van der Waals surface area contributed by atoms with E-state index in [-0.39, 0.29) is 17.5 Å². The fraction of sp³-hybridized carbons (Fsp3) is 0.435. The third-order valence-corrected chi connectivity index (χ3v) is 7.64. The normalized spacial score (nSPS) is 20.0. The van der Waals surface area contributed by atoms with Gasteiger partial charge in [-0.1, -0.05) is 11.6 Å². The van der Waals surface area contributed by atoms with Crippen molar-refractivity contribution < 1.29 is 19.1 Å². The number of ketones is 2. The van der Waals surface area contributed by atoms with E-state index in [1.54, 1.807) is 4.90 Å². The highest BCUT2D eigenvalue weighted by Crippen LogP contribution is 2.41. The van der Waals surface area contributed by atoms with Crippen molar-refractivity contribution in [3.8, 4) is 5.75 Å². The second-order valence-electron chi connectivity index (χ2n) is 8.60. The zero-order valence-corrected chi connectivity index (χ0v) is 17.8. The van der Waals surface area contributed by atoms with Gasteiger partial charge in [0.1, 0.15) is 11.4 Å². The number of nitrogen functional groups attached to an aromatic ring is 1. The molecule has 0 atom stereocenters. The molecule has 7 heteroatoms. The van der Waals surface area contributed by atoms with E-state index in [1.165, 1.54) is 11.3 Å². The molecule has 0 radical (unpaired) electrons. The largest absolute Gasteiger partial charge is 0.486 e. The molecule has 6 nitrogen and oxygen atoms in total. The average molecular weight is 425 g/mol. The number of carbonyl (C=O) groups excluding carboxylic acids is 3. The Labute approximate surface area is 179 Å². The number of ether oxygens (including phenoxy) is 1. The van der Waals surface area contributed by atoms with Gasteiger partial charge >= 0.3 is 0 Å². The second kappa shape index (κ2) is 6.94. The van der Waals surface area contributed by atoms with E-state index in [0.29, 0.717) is 65.5 Å². The molecule has 1 saturated heterocycles. The van der Waals surface area contributed by atoms with E-state index < -0.39 is 5.60 Å². The van der Waals surface area contributed by atoms with Crippen LogP contribution in [0.2, 0.25) is 0 Å². The first kappa shape index (κ1) is 19.3. The highest BCUT2D eigenvalue weighted by molar-refractivity contribution is 7.18. The summed E-state index contributed by atoms with van der Waals surface area (Å²) in [5.74, 6) is 0.737. The lowest BCUT2D eigenvalue weighted by atomic mass is 9.82. The maximum Gasteiger partial charge on any atom is 0.257 e. The zero-order chi connectivity index (χ0) is 21.0. The summed E-state index contributed by atoms with van der Waals surface area (Å²) in [6.45, 7) is 2.97. The molecule has 30 heavy (non-hydrogen) atoms. The minimum absolute atomic E-state index is 0.0904. The minimum Gasteiger partial charge on any atom is -0.486 e. The molecule has 5 rings (SSSR count). The first-order valence-corrected chi connectivity index (χ1v) is 11.2. The van der Waals surface area contributed by atoms with Crippen molar-refractivity contribution in [2.24, 2.45) is 0 Å². The summed E-state index contributed by atoms with van der Waals surface area (Å²) in [5, 5.41) is 0.439. The molecular weight excluding hydrogens is 400 g/mol. The Balaban J connectivity index is 1.35. The summed E-state index contributed by atoms with van der Waals surface area (Å²) in [6, 6.07) is 5.71. The van der Waals surface area contributed by atoms with E-state index in [0.717, 1.165) is 24.0 Å². The molecule has 1 amide bonds. The van der Waals surface area contributed by atoms with E-state index >= 15 is 0 Å². The second-order valence-corrected chi connectivity index (χ2v) is 9.65. The van der Waals surface area contributed by atoms with Crippen molar-refractivity contribution in [2.75, 3.05) is 18.8 Å². The molecule has 0 bridgehead atoms. The molecule has 2 N–H and O–H groups in total. The van der Waals surface area contributed by atoms with Crippen molar-refractivity contribution in [3.63, 3.8) is 0 Å². The van der Waals surface area contributed by atoms with Gasteiger partial charge in [0.15, 0.2) is 11.6 Å². The van der Waals surface area contributed by atoms with Gasteiger partial charge in [-0.3, -0.25) is 14.4 Å². The molecule has 3 heterocycles. The number of Topliss-reactive ketones (excluding diaryl/α,β-unsaturated/α-hetero) is 2. The van der Waals surface area contributed by atoms with Gasteiger partial charge in [-0.15, -0.1) is 11.3 Å². The summed E-state index contributed by atoms with van der Waals surface area (Å²) in [7, 11) is 0. The van der Waals surface area contributed by atoms with Crippen molar-refractivity contribution in [1.29, 1.82) is 0 Å². The number of benzene rings is 1. The number of nitrogens with zero attached hydrogens (tertiary/aromatic N) is 1. The Morgan fingerprint density at radius 3 is 2.70 bits per heavy atom. The number of amides is 1. The summed E-state index contributed by atoms with van der Waals surface area (Å²) in [5.41, 5.74) is 8.64. The standard InChI is InChI=1S/C23H24N2O4S/c1-13-5-6-18-15(11-13)17(27)12-23(29-18)7-9-25(10-8-23)22(28)19-14-3-2-4-16(26)20(14)30-21(19)24/h5-6,11H,2-4,7-10,12,24H2,1H3. The van der Waals surface area contributed by atoms with E-state index in [1.807, 2.05) is 25.1 Å². The van der Waals surface area contributed by atoms with Crippen molar-refractivity contribution in [2.45, 2.75) is 51.0 Å². The Kier molecular flexibility index (Phi) is 4.47. The van der Waals surface area contributed by atoms with E-state index in [9.17, 15) is 14.4 Å². The molecule has 1 aromatic heterocycles. The van der Waals surface area contributed by atoms with Crippen LogP contribution in [0.4, 0.5) is 5.00 Å². The van der Waals surface area contributed by atoms with Crippen molar-refractivity contribution >= 4 is 33.8 Å². The number of rotatable bonds is 1. The zero-order valence-electron chi connectivity index (χ0n) is 17.0. The predicted octanol–water partition coefficient (Wildman–Crippen LogP) is 3.80. The van der Waals surface area contributed by atoms with Crippen LogP contribution in [0.5, 0.6) is 5.75 Å². The highest BCUT2D eigenvalue weighted by Gasteiger charge is 2.44. The Hall–Kier alpha value is -2.67. The van der Waals surface area contributed by atoms with Crippen LogP contribution in [0.3, 0.4) is 0 Å². The lowest BCUT2D eigenvalue weighted by Crippen LogP contribution is -2.52. The van der Waals surface area contributed by atoms with Crippen LogP contribution in [-0.2, 0) is 6.42 Å². The van der Waals surface area contributed by atoms with Crippen LogP contribution in [-0.4, -0.2) is 41.1 Å². The number of piperidine rings is 1. The fourth-order valence-electron chi connectivity index (χ4n) is 4.88. The quantitative estimate of drug-likeness (QED) is 0.752. The Bertz CT molecular complexity index is 1080. The molecule has 1 fully saturated rings. The first-order chi connectivity index (χ1) is 14.4. The van der Waals surface area contributed by atoms with E-state index in [2.05, 4.69) is 0 Å². The summed E-state index contributed by atoms with van der Waals surface area (Å²) < 4.78 is 6.31. The van der Waals surface area contributed by atoms with Gasteiger partial charge in [-0.05, 0) is 37.5 Å². The van der Waals surface area contributed by atoms with Gasteiger partial charge in [0.25, 0.3) is 5.91 Å². The maximum absolute atomic E-state index is 13.3. The SMILES string of the molecule is Cc1ccc2c(c1)C(=O)CC1(CCN(C(=O)c3c(N)sc4c3CCCC4=O)CC1)O2. The summed E-state index contributed by atoms with van der Waals surface area (Å²) >= 11 is 1.24. The molecule has 1 aliphatic carbocycles. The van der Waals surface area contributed by atoms with Gasteiger partial charge in [-0.2, -0.15) is 0 Å². The number of hydrogen-bond acceptors (Lipinski definition) is 6. The van der Waals surface area contributed by atoms with E-state index in [4.69, 9.17) is 10.5 Å². The molecule has 2 aliphatic heterocycles. The lowest BCUT2D eigenvalue weighted by molar-refractivity contribution is -0.00570. The number of nitrogens with two attached hydrogens (primary N) is 1. The number of aryl methyl sites for hydroxylation is 1. The number of carbonyl (C=O) groups is 3. The lowest BCUT2D eigenvalue weighted by Gasteiger charge is -2.44. The summed E-state index contributed by atoms with van der Waals surface area (Å²) in [4.78, 5) is 40.6. The number of likely N-dealkylation sites (tertiary alicyclic amines) is 1. The van der Waals surface area contributed by atoms with Gasteiger partial charge < -0.3 is 15.4 Å². The van der Waals surface area contributed by atoms with Gasteiger partial charge in [0.2, 0.25) is 0 Å². The highest BCUT2D eigenvalue weighted by atomic mass is 32.1. The first-order valence-electron chi connectivity index (χ1n) is 10.4. The molecule has 1 aromatic carbocycles. The maximum atomic E-state index is 13.3. The number of hydrogen-bond donors (Lipinski definition) is 1. The molecule has 0 unspecified atom stereocenters. The van der Waals surface area contributed by atoms with Gasteiger partial charge in [0, 0.05) is 32.4 Å². The average Bonchev–Trinajstić information content (AvgIpc) is 3.06. The topological polar surface area (TPSA) is 89.7 Å². The number of anilines is 1. The molecule has 3 aliphatic rings. The summed E-state index contributed by atoms with van der Waals surface area (Å²) in [6.07, 6.45) is 3.56. The molecule has 156 valence electrons. The van der Waals surface area contributed by atoms with Crippen LogP contribution in [0.25, 0.3) is 0 Å². The van der Waals surface area contributed by atoms with Crippen LogP contribution in [0, 0.1) is 6.92 Å². The Morgan fingerprint density at radius 1 is 1.17 bits per heavy atom. The smallest absolute Gasteiger partial charge is 0.257 e. The molecule has 0 saturated carbocycles. The Morgan fingerprint density at radius 2 is 1.93 bits per heavy atom. The molecular formula is C23H24N2O4S. The van der Waals surface area contributed by atoms with Crippen LogP contribution in [0.15, 0.2) is 18.2 Å². The van der Waals surface area contributed by atoms with Crippen molar-refractivity contribution in [1.82, 2.24) is 4.90 Å². The monoisotopic (exact) mass is 424 g/mol.